The highest BCUT2D eigenvalue weighted by atomic mass is 35.6. The fourth-order valence-electron chi connectivity index (χ4n) is 1.75. The summed E-state index contributed by atoms with van der Waals surface area (Å²) in [6.45, 7) is 3.78. The minimum absolute atomic E-state index is 0.110. The number of carbonyl (C=O) groups is 2. The fraction of sp³-hybridized carbons (Fsp3) is 0.769. The Labute approximate surface area is 145 Å². The number of ether oxygens (including phenoxy) is 1. The number of esters is 1. The molecule has 0 fully saturated rings. The van der Waals surface area contributed by atoms with Crippen LogP contribution in [-0.4, -0.2) is 38.8 Å². The minimum atomic E-state index is -2.17. The van der Waals surface area contributed by atoms with Gasteiger partial charge in [0, 0.05) is 0 Å². The van der Waals surface area contributed by atoms with Crippen molar-refractivity contribution in [1.82, 2.24) is 5.32 Å². The zero-order valence-electron chi connectivity index (χ0n) is 12.6. The Hall–Kier alpha value is -0.810. The number of halogens is 3. The van der Waals surface area contributed by atoms with E-state index in [1.807, 2.05) is 0 Å². The van der Waals surface area contributed by atoms with Gasteiger partial charge in [0.2, 0.25) is 0 Å². The van der Waals surface area contributed by atoms with Crippen LogP contribution in [0.1, 0.15) is 46.0 Å². The normalized spacial score (nSPS) is 12.2. The lowest BCUT2D eigenvalue weighted by Gasteiger charge is -2.17. The summed E-state index contributed by atoms with van der Waals surface area (Å²) < 4.78 is 2.62. The second-order valence-electron chi connectivity index (χ2n) is 4.58. The molecule has 0 spiro atoms. The number of hydrogen-bond donors (Lipinski definition) is 1. The molecule has 0 bridgehead atoms. The van der Waals surface area contributed by atoms with Crippen LogP contribution in [0.5, 0.6) is 0 Å². The van der Waals surface area contributed by atoms with Crippen LogP contribution in [0.4, 0.5) is 0 Å². The fourth-order valence-corrected chi connectivity index (χ4v) is 1.91. The number of hydrogen-bond acceptors (Lipinski definition) is 3. The molecule has 0 aromatic rings. The highest BCUT2D eigenvalue weighted by molar-refractivity contribution is 6.76. The number of nitrogens with zero attached hydrogens (tertiary/aromatic N) is 2. The van der Waals surface area contributed by atoms with E-state index in [0.29, 0.717) is 12.8 Å². The Morgan fingerprint density at radius 2 is 1.86 bits per heavy atom. The lowest BCUT2D eigenvalue weighted by atomic mass is 10.0. The first-order valence-electron chi connectivity index (χ1n) is 7.04. The third kappa shape index (κ3) is 7.99. The van der Waals surface area contributed by atoms with Crippen molar-refractivity contribution in [2.24, 2.45) is 0 Å². The number of alkyl halides is 3. The maximum atomic E-state index is 11.8. The van der Waals surface area contributed by atoms with Gasteiger partial charge < -0.3 is 15.6 Å². The van der Waals surface area contributed by atoms with Crippen LogP contribution in [0.3, 0.4) is 0 Å². The van der Waals surface area contributed by atoms with Crippen molar-refractivity contribution in [3.63, 3.8) is 0 Å². The van der Waals surface area contributed by atoms with Crippen molar-refractivity contribution < 1.29 is 19.1 Å². The van der Waals surface area contributed by atoms with Crippen molar-refractivity contribution in [2.75, 3.05) is 6.61 Å². The molecule has 22 heavy (non-hydrogen) atoms. The number of unbranched alkanes of at least 4 members (excludes halogenated alkanes) is 3. The maximum Gasteiger partial charge on any atom is 0.419 e. The van der Waals surface area contributed by atoms with E-state index in [0.717, 1.165) is 19.3 Å². The van der Waals surface area contributed by atoms with E-state index in [-0.39, 0.29) is 12.3 Å². The highest BCUT2D eigenvalue weighted by Crippen LogP contribution is 2.26. The van der Waals surface area contributed by atoms with Crippen molar-refractivity contribution in [3.05, 3.63) is 5.53 Å². The first kappa shape index (κ1) is 21.2. The Bertz CT molecular complexity index is 432. The highest BCUT2D eigenvalue weighted by Gasteiger charge is 2.38. The maximum absolute atomic E-state index is 11.8. The van der Waals surface area contributed by atoms with E-state index in [1.165, 1.54) is 0 Å². The molecule has 0 aliphatic carbocycles. The predicted molar refractivity (Wildman–Crippen MR) is 86.2 cm³/mol. The standard InChI is InChI=1S/C13H20Cl3N3O3/c1-3-5-6-7-8-9(18-12(21)13(14,15)16)10(19-17)11(20)22-4-2/h9H,3-8H2,1-2H3,(H,18,21). The van der Waals surface area contributed by atoms with Gasteiger partial charge in [-0.15, -0.1) is 0 Å². The molecule has 0 radical (unpaired) electrons. The molecule has 126 valence electrons. The Balaban J connectivity index is 5.01. The molecule has 0 rings (SSSR count). The Kier molecular flexibility index (Phi) is 10.4. The van der Waals surface area contributed by atoms with Crippen LogP contribution < -0.4 is 5.32 Å². The average molecular weight is 373 g/mol. The van der Waals surface area contributed by atoms with E-state index < -0.39 is 21.7 Å². The van der Waals surface area contributed by atoms with E-state index in [1.54, 1.807) is 6.92 Å². The second kappa shape index (κ2) is 10.8. The van der Waals surface area contributed by atoms with Gasteiger partial charge in [-0.25, -0.2) is 4.79 Å². The number of carbonyl (C=O) groups excluding carboxylic acids is 2. The van der Waals surface area contributed by atoms with Crippen molar-refractivity contribution in [1.29, 1.82) is 0 Å². The molecule has 1 N–H and O–H groups in total. The smallest absolute Gasteiger partial charge is 0.419 e. The number of nitrogens with one attached hydrogen (secondary N) is 1. The van der Waals surface area contributed by atoms with Crippen LogP contribution in [-0.2, 0) is 14.3 Å². The van der Waals surface area contributed by atoms with Gasteiger partial charge in [-0.1, -0.05) is 67.4 Å². The molecule has 0 saturated heterocycles. The van der Waals surface area contributed by atoms with Gasteiger partial charge in [0.1, 0.15) is 6.04 Å². The van der Waals surface area contributed by atoms with Crippen LogP contribution >= 0.6 is 34.8 Å². The molecule has 1 amide bonds. The van der Waals surface area contributed by atoms with Gasteiger partial charge in [-0.05, 0) is 13.3 Å². The SMILES string of the molecule is CCCCCCC(NC(=O)C(Cl)(Cl)Cl)C(=[N+]=[N-])C(=O)OCC. The summed E-state index contributed by atoms with van der Waals surface area (Å²) in [6.07, 6.45) is 4.01. The van der Waals surface area contributed by atoms with Crippen molar-refractivity contribution in [2.45, 2.75) is 55.8 Å². The van der Waals surface area contributed by atoms with Gasteiger partial charge in [0.05, 0.1) is 6.61 Å². The van der Waals surface area contributed by atoms with E-state index in [4.69, 9.17) is 45.1 Å². The van der Waals surface area contributed by atoms with Gasteiger partial charge in [-0.2, -0.15) is 4.79 Å². The zero-order valence-corrected chi connectivity index (χ0v) is 14.8. The number of rotatable bonds is 9. The third-order valence-electron chi connectivity index (χ3n) is 2.83. The first-order chi connectivity index (χ1) is 10.3. The minimum Gasteiger partial charge on any atom is -0.457 e. The van der Waals surface area contributed by atoms with Crippen LogP contribution in [0, 0.1) is 0 Å². The lowest BCUT2D eigenvalue weighted by Crippen LogP contribution is -2.48. The van der Waals surface area contributed by atoms with Gasteiger partial charge in [-0.3, -0.25) is 4.79 Å². The molecule has 9 heteroatoms. The molecule has 0 aliphatic heterocycles. The first-order valence-corrected chi connectivity index (χ1v) is 8.18. The summed E-state index contributed by atoms with van der Waals surface area (Å²) in [7, 11) is 0. The van der Waals surface area contributed by atoms with Gasteiger partial charge >= 0.3 is 11.7 Å². The predicted octanol–water partition coefficient (Wildman–Crippen LogP) is 3.05. The Morgan fingerprint density at radius 3 is 2.32 bits per heavy atom. The molecule has 1 atom stereocenters. The average Bonchev–Trinajstić information content (AvgIpc) is 2.43. The lowest BCUT2D eigenvalue weighted by molar-refractivity contribution is -0.140. The third-order valence-corrected chi connectivity index (χ3v) is 3.35. The Morgan fingerprint density at radius 1 is 1.23 bits per heavy atom. The van der Waals surface area contributed by atoms with E-state index >= 15 is 0 Å². The molecular weight excluding hydrogens is 353 g/mol. The monoisotopic (exact) mass is 371 g/mol. The summed E-state index contributed by atoms with van der Waals surface area (Å²) in [4.78, 5) is 26.5. The van der Waals surface area contributed by atoms with Crippen LogP contribution in [0.2, 0.25) is 0 Å². The van der Waals surface area contributed by atoms with Gasteiger partial charge in [0.25, 0.3) is 9.70 Å². The second-order valence-corrected chi connectivity index (χ2v) is 6.86. The molecule has 0 aromatic carbocycles. The molecule has 0 heterocycles. The molecule has 0 aromatic heterocycles. The summed E-state index contributed by atoms with van der Waals surface area (Å²) >= 11 is 16.5. The summed E-state index contributed by atoms with van der Waals surface area (Å²) in [5, 5.41) is 2.40. The van der Waals surface area contributed by atoms with Gasteiger partial charge in [0.15, 0.2) is 0 Å². The number of amides is 1. The van der Waals surface area contributed by atoms with Crippen LogP contribution in [0.25, 0.3) is 5.53 Å². The summed E-state index contributed by atoms with van der Waals surface area (Å²) in [6, 6.07) is -0.885. The van der Waals surface area contributed by atoms with E-state index in [9.17, 15) is 9.59 Å². The zero-order chi connectivity index (χ0) is 17.2. The summed E-state index contributed by atoms with van der Waals surface area (Å²) in [5.41, 5.74) is 8.73. The molecule has 1 unspecified atom stereocenters. The summed E-state index contributed by atoms with van der Waals surface area (Å²) in [5.74, 6) is -1.72. The molecule has 0 saturated carbocycles. The molecule has 0 aliphatic rings. The van der Waals surface area contributed by atoms with E-state index in [2.05, 4.69) is 17.0 Å². The molecular formula is C13H20Cl3N3O3. The largest absolute Gasteiger partial charge is 0.457 e. The van der Waals surface area contributed by atoms with Crippen molar-refractivity contribution in [3.8, 4) is 0 Å². The molecule has 6 nitrogen and oxygen atoms in total. The quantitative estimate of drug-likeness (QED) is 0.168. The van der Waals surface area contributed by atoms with Crippen LogP contribution in [0.15, 0.2) is 0 Å². The van der Waals surface area contributed by atoms with Crippen molar-refractivity contribution >= 4 is 52.4 Å². The topological polar surface area (TPSA) is 91.8 Å².